The average molecular weight is 403 g/mol. The molecule has 6 heteroatoms. The third-order valence-corrected chi connectivity index (χ3v) is 5.44. The van der Waals surface area contributed by atoms with E-state index in [1.54, 1.807) is 0 Å². The summed E-state index contributed by atoms with van der Waals surface area (Å²) >= 11 is 0. The van der Waals surface area contributed by atoms with Crippen LogP contribution in [0.5, 0.6) is 0 Å². The predicted molar refractivity (Wildman–Crippen MR) is 100 cm³/mol. The molecule has 0 amide bonds. The smallest absolute Gasteiger partial charge is 0.748 e. The first-order valence-electron chi connectivity index (χ1n) is 10.1. The van der Waals surface area contributed by atoms with E-state index in [4.69, 9.17) is 0 Å². The molecule has 0 heterocycles. The fourth-order valence-corrected chi connectivity index (χ4v) is 3.54. The maximum Gasteiger partial charge on any atom is 1.00 e. The molecule has 1 N–H and O–H groups in total. The Balaban J connectivity index is 0. The molecular weight excluding hydrogens is 363 g/mol. The van der Waals surface area contributed by atoms with Crippen LogP contribution in [0.25, 0.3) is 0 Å². The van der Waals surface area contributed by atoms with Crippen molar-refractivity contribution in [3.8, 4) is 0 Å². The van der Waals surface area contributed by atoms with E-state index in [0.29, 0.717) is 6.42 Å². The fourth-order valence-electron chi connectivity index (χ4n) is 2.98. The normalized spacial score (nSPS) is 12.8. The zero-order chi connectivity index (χ0) is 18.1. The minimum Gasteiger partial charge on any atom is -0.748 e. The van der Waals surface area contributed by atoms with E-state index in [-0.39, 0.29) is 63.2 Å². The van der Waals surface area contributed by atoms with E-state index in [1.165, 1.54) is 57.8 Å². The molecule has 0 aliphatic rings. The van der Waals surface area contributed by atoms with Gasteiger partial charge in [0.05, 0.1) is 16.2 Å². The van der Waals surface area contributed by atoms with Crippen molar-refractivity contribution in [1.82, 2.24) is 0 Å². The van der Waals surface area contributed by atoms with Crippen molar-refractivity contribution in [3.05, 3.63) is 0 Å². The monoisotopic (exact) mass is 402 g/mol. The van der Waals surface area contributed by atoms with Crippen LogP contribution >= 0.6 is 0 Å². The average Bonchev–Trinajstić information content (AvgIpc) is 2.53. The fraction of sp³-hybridized carbons (Fsp3) is 1.00. The molecule has 0 saturated carbocycles. The number of hydrogen-bond acceptors (Lipinski definition) is 4. The van der Waals surface area contributed by atoms with Gasteiger partial charge in [-0.3, -0.25) is 0 Å². The van der Waals surface area contributed by atoms with Crippen LogP contribution in [0.4, 0.5) is 0 Å². The molecule has 0 radical (unpaired) electrons. The predicted octanol–water partition coefficient (Wildman–Crippen LogP) is 2.16. The van der Waals surface area contributed by atoms with E-state index in [2.05, 4.69) is 0 Å². The second-order valence-corrected chi connectivity index (χ2v) is 8.59. The third kappa shape index (κ3) is 25.5. The second kappa shape index (κ2) is 20.2. The Hall–Kier alpha value is 1.51. The molecule has 0 spiro atoms. The topological polar surface area (TPSA) is 77.4 Å². The summed E-state index contributed by atoms with van der Waals surface area (Å²) in [6.07, 6.45) is 18.2. The van der Waals surface area contributed by atoms with Gasteiger partial charge in [-0.15, -0.1) is 0 Å². The molecule has 4 nitrogen and oxygen atoms in total. The molecule has 0 aliphatic carbocycles. The quantitative estimate of drug-likeness (QED) is 0.216. The SMILES string of the molecule is CCC(O)CCCCCCCCCCCCCCCCS(=O)(=O)[O-].[K+]. The van der Waals surface area contributed by atoms with Gasteiger partial charge in [0.1, 0.15) is 0 Å². The molecule has 25 heavy (non-hydrogen) atoms. The van der Waals surface area contributed by atoms with E-state index >= 15 is 0 Å². The molecular formula is C19H39KO4S. The van der Waals surface area contributed by atoms with Crippen molar-refractivity contribution in [1.29, 1.82) is 0 Å². The number of aliphatic hydroxyl groups is 1. The molecule has 0 aromatic carbocycles. The third-order valence-electron chi connectivity index (χ3n) is 4.65. The Morgan fingerprint density at radius 1 is 0.720 bits per heavy atom. The zero-order valence-electron chi connectivity index (χ0n) is 16.7. The second-order valence-electron chi connectivity index (χ2n) is 7.06. The molecule has 1 unspecified atom stereocenters. The zero-order valence-corrected chi connectivity index (χ0v) is 20.6. The van der Waals surface area contributed by atoms with Crippen LogP contribution in [0.2, 0.25) is 0 Å². The molecule has 0 saturated heterocycles. The van der Waals surface area contributed by atoms with Crippen LogP contribution in [0.15, 0.2) is 0 Å². The van der Waals surface area contributed by atoms with Gasteiger partial charge in [0.15, 0.2) is 0 Å². The molecule has 0 aromatic rings. The van der Waals surface area contributed by atoms with Crippen molar-refractivity contribution in [2.45, 2.75) is 116 Å². The molecule has 146 valence electrons. The van der Waals surface area contributed by atoms with E-state index in [0.717, 1.165) is 38.5 Å². The van der Waals surface area contributed by atoms with Crippen molar-refractivity contribution >= 4 is 10.1 Å². The first kappa shape index (κ1) is 28.7. The van der Waals surface area contributed by atoms with Gasteiger partial charge in [0, 0.05) is 5.75 Å². The van der Waals surface area contributed by atoms with Gasteiger partial charge < -0.3 is 9.66 Å². The molecule has 0 aliphatic heterocycles. The maximum atomic E-state index is 10.4. The number of aliphatic hydroxyl groups excluding tert-OH is 1. The number of unbranched alkanes of at least 4 members (excludes halogenated alkanes) is 13. The van der Waals surface area contributed by atoms with Gasteiger partial charge in [-0.05, 0) is 19.3 Å². The van der Waals surface area contributed by atoms with Crippen LogP contribution < -0.4 is 51.4 Å². The molecule has 0 fully saturated rings. The summed E-state index contributed by atoms with van der Waals surface area (Å²) in [6.45, 7) is 2.03. The Kier molecular flexibility index (Phi) is 23.3. The Morgan fingerprint density at radius 3 is 1.36 bits per heavy atom. The van der Waals surface area contributed by atoms with Crippen molar-refractivity contribution in [2.24, 2.45) is 0 Å². The maximum absolute atomic E-state index is 10.4. The summed E-state index contributed by atoms with van der Waals surface area (Å²) in [5.41, 5.74) is 0. The van der Waals surface area contributed by atoms with E-state index in [9.17, 15) is 18.1 Å². The molecule has 0 aromatic heterocycles. The Bertz CT molecular complexity index is 360. The Labute approximate surface area is 199 Å². The van der Waals surface area contributed by atoms with Crippen LogP contribution in [0.3, 0.4) is 0 Å². The largest absolute Gasteiger partial charge is 1.00 e. The standard InChI is InChI=1S/C19H40O4S.K/c1-2-19(20)17-15-13-11-9-7-5-3-4-6-8-10-12-14-16-18-24(21,22)23;/h19-20H,2-18H2,1H3,(H,21,22,23);/q;+1/p-1. The molecule has 0 bridgehead atoms. The Morgan fingerprint density at radius 2 is 1.04 bits per heavy atom. The van der Waals surface area contributed by atoms with Gasteiger partial charge in [-0.1, -0.05) is 90.4 Å². The van der Waals surface area contributed by atoms with Gasteiger partial charge >= 0.3 is 51.4 Å². The number of hydrogen-bond donors (Lipinski definition) is 1. The van der Waals surface area contributed by atoms with E-state index in [1.807, 2.05) is 6.92 Å². The van der Waals surface area contributed by atoms with Crippen molar-refractivity contribution < 1.29 is 69.5 Å². The summed E-state index contributed by atoms with van der Waals surface area (Å²) < 4.78 is 31.3. The minimum absolute atomic E-state index is 0. The van der Waals surface area contributed by atoms with Crippen LogP contribution in [-0.4, -0.2) is 29.9 Å². The minimum atomic E-state index is -4.01. The van der Waals surface area contributed by atoms with Gasteiger partial charge in [-0.25, -0.2) is 8.42 Å². The first-order chi connectivity index (χ1) is 11.5. The van der Waals surface area contributed by atoms with E-state index < -0.39 is 10.1 Å². The van der Waals surface area contributed by atoms with Crippen molar-refractivity contribution in [3.63, 3.8) is 0 Å². The summed E-state index contributed by atoms with van der Waals surface area (Å²) in [7, 11) is -4.01. The van der Waals surface area contributed by atoms with Gasteiger partial charge in [0.2, 0.25) is 0 Å². The van der Waals surface area contributed by atoms with Gasteiger partial charge in [-0.2, -0.15) is 0 Å². The summed E-state index contributed by atoms with van der Waals surface area (Å²) in [4.78, 5) is 0. The first-order valence-corrected chi connectivity index (χ1v) is 11.6. The van der Waals surface area contributed by atoms with Crippen LogP contribution in [0, 0.1) is 0 Å². The van der Waals surface area contributed by atoms with Crippen LogP contribution in [-0.2, 0) is 10.1 Å². The summed E-state index contributed by atoms with van der Waals surface area (Å²) in [5, 5.41) is 9.46. The van der Waals surface area contributed by atoms with Crippen molar-refractivity contribution in [2.75, 3.05) is 5.75 Å². The van der Waals surface area contributed by atoms with Gasteiger partial charge in [0.25, 0.3) is 0 Å². The summed E-state index contributed by atoms with van der Waals surface area (Å²) in [6, 6.07) is 0. The number of rotatable bonds is 18. The van der Waals surface area contributed by atoms with Crippen LogP contribution in [0.1, 0.15) is 110 Å². The molecule has 0 rings (SSSR count). The summed E-state index contributed by atoms with van der Waals surface area (Å²) in [5.74, 6) is -0.202. The molecule has 1 atom stereocenters.